The second-order valence-electron chi connectivity index (χ2n) is 5.95. The number of piperidine rings is 1. The van der Waals surface area contributed by atoms with Crippen molar-refractivity contribution >= 4 is 17.7 Å². The Bertz CT molecular complexity index is 571. The van der Waals surface area contributed by atoms with E-state index < -0.39 is 18.0 Å². The van der Waals surface area contributed by atoms with E-state index in [4.69, 9.17) is 9.84 Å². The number of carboxylic acids is 1. The summed E-state index contributed by atoms with van der Waals surface area (Å²) in [5.74, 6) is -2.78. The van der Waals surface area contributed by atoms with Crippen LogP contribution in [-0.2, 0) is 14.3 Å². The molecule has 2 unspecified atom stereocenters. The van der Waals surface area contributed by atoms with Gasteiger partial charge in [0, 0.05) is 12.0 Å². The SMILES string of the molecule is C[N+]1(CC(=O)c2ccccc2)CCCC(OC(=O)C(=O)O)C1. The van der Waals surface area contributed by atoms with Gasteiger partial charge in [0.05, 0.1) is 13.6 Å². The van der Waals surface area contributed by atoms with Crippen molar-refractivity contribution in [2.45, 2.75) is 18.9 Å². The number of benzene rings is 1. The van der Waals surface area contributed by atoms with Crippen LogP contribution in [0.1, 0.15) is 23.2 Å². The maximum atomic E-state index is 12.3. The molecule has 6 heteroatoms. The molecule has 6 nitrogen and oxygen atoms in total. The number of carbonyl (C=O) groups excluding carboxylic acids is 2. The highest BCUT2D eigenvalue weighted by atomic mass is 16.6. The lowest BCUT2D eigenvalue weighted by molar-refractivity contribution is -0.909. The number of likely N-dealkylation sites (tertiary alicyclic amines) is 1. The molecule has 22 heavy (non-hydrogen) atoms. The van der Waals surface area contributed by atoms with E-state index in [0.717, 1.165) is 13.0 Å². The van der Waals surface area contributed by atoms with Gasteiger partial charge < -0.3 is 14.3 Å². The second kappa shape index (κ2) is 6.70. The van der Waals surface area contributed by atoms with Crippen LogP contribution in [0.25, 0.3) is 0 Å². The first-order valence-electron chi connectivity index (χ1n) is 7.25. The highest BCUT2D eigenvalue weighted by molar-refractivity contribution is 6.28. The van der Waals surface area contributed by atoms with E-state index in [0.29, 0.717) is 29.6 Å². The number of Topliss-reactive ketones (excluding diaryl/α,β-unsaturated/α-hetero) is 1. The van der Waals surface area contributed by atoms with Crippen molar-refractivity contribution in [2.24, 2.45) is 0 Å². The molecule has 0 saturated carbocycles. The van der Waals surface area contributed by atoms with E-state index in [9.17, 15) is 14.4 Å². The fourth-order valence-corrected chi connectivity index (χ4v) is 2.88. The summed E-state index contributed by atoms with van der Waals surface area (Å²) in [6.07, 6.45) is 0.966. The summed E-state index contributed by atoms with van der Waals surface area (Å²) in [7, 11) is 1.93. The largest absolute Gasteiger partial charge is 0.473 e. The number of nitrogens with zero attached hydrogens (tertiary/aromatic N) is 1. The van der Waals surface area contributed by atoms with Gasteiger partial charge in [-0.1, -0.05) is 30.3 Å². The Kier molecular flexibility index (Phi) is 4.92. The average molecular weight is 306 g/mol. The minimum atomic E-state index is -1.58. The zero-order valence-corrected chi connectivity index (χ0v) is 12.5. The Morgan fingerprint density at radius 2 is 1.95 bits per heavy atom. The normalized spacial score (nSPS) is 24.5. The molecule has 0 amide bonds. The molecular formula is C16H20NO5+. The Morgan fingerprint density at radius 3 is 2.59 bits per heavy atom. The lowest BCUT2D eigenvalue weighted by Gasteiger charge is -2.40. The van der Waals surface area contributed by atoms with Crippen molar-refractivity contribution in [3.05, 3.63) is 35.9 Å². The second-order valence-corrected chi connectivity index (χ2v) is 5.95. The van der Waals surface area contributed by atoms with Crippen LogP contribution in [0, 0.1) is 0 Å². The fraction of sp³-hybridized carbons (Fsp3) is 0.438. The molecule has 1 N–H and O–H groups in total. The molecule has 1 aromatic carbocycles. The minimum Gasteiger partial charge on any atom is -0.473 e. The van der Waals surface area contributed by atoms with E-state index in [1.807, 2.05) is 25.2 Å². The highest BCUT2D eigenvalue weighted by Gasteiger charge is 2.36. The van der Waals surface area contributed by atoms with Crippen LogP contribution in [0.4, 0.5) is 0 Å². The molecule has 1 aliphatic heterocycles. The van der Waals surface area contributed by atoms with Crippen LogP contribution < -0.4 is 0 Å². The lowest BCUT2D eigenvalue weighted by atomic mass is 10.0. The van der Waals surface area contributed by atoms with Crippen LogP contribution >= 0.6 is 0 Å². The summed E-state index contributed by atoms with van der Waals surface area (Å²) >= 11 is 0. The molecule has 0 aliphatic carbocycles. The molecule has 1 saturated heterocycles. The number of quaternary nitrogens is 1. The predicted molar refractivity (Wildman–Crippen MR) is 78.3 cm³/mol. The van der Waals surface area contributed by atoms with Crippen molar-refractivity contribution in [1.82, 2.24) is 0 Å². The third-order valence-electron chi connectivity index (χ3n) is 3.94. The van der Waals surface area contributed by atoms with E-state index in [2.05, 4.69) is 0 Å². The number of esters is 1. The Hall–Kier alpha value is -2.21. The number of hydrogen-bond acceptors (Lipinski definition) is 4. The summed E-state index contributed by atoms with van der Waals surface area (Å²) in [4.78, 5) is 34.1. The Balaban J connectivity index is 1.99. The number of aliphatic carboxylic acids is 1. The summed E-state index contributed by atoms with van der Waals surface area (Å²) in [6, 6.07) is 9.05. The van der Waals surface area contributed by atoms with Gasteiger partial charge in [-0.3, -0.25) is 4.79 Å². The van der Waals surface area contributed by atoms with Gasteiger partial charge in [-0.05, 0) is 6.42 Å². The van der Waals surface area contributed by atoms with Gasteiger partial charge in [-0.2, -0.15) is 0 Å². The zero-order valence-electron chi connectivity index (χ0n) is 12.5. The lowest BCUT2D eigenvalue weighted by Crippen LogP contribution is -2.56. The van der Waals surface area contributed by atoms with Gasteiger partial charge >= 0.3 is 11.9 Å². The molecular weight excluding hydrogens is 286 g/mol. The third-order valence-corrected chi connectivity index (χ3v) is 3.94. The maximum Gasteiger partial charge on any atom is 0.417 e. The average Bonchev–Trinajstić information content (AvgIpc) is 2.47. The first-order valence-corrected chi connectivity index (χ1v) is 7.25. The fourth-order valence-electron chi connectivity index (χ4n) is 2.88. The van der Waals surface area contributed by atoms with E-state index in [1.165, 1.54) is 0 Å². The number of hydrogen-bond donors (Lipinski definition) is 1. The standard InChI is InChI=1S/C16H19NO5/c1-17(11-14(18)12-6-3-2-4-7-12)9-5-8-13(10-17)22-16(21)15(19)20/h2-4,6-7,13H,5,8-11H2,1H3/p+1. The quantitative estimate of drug-likeness (QED) is 0.390. The number of rotatable bonds is 4. The van der Waals surface area contributed by atoms with E-state index in [1.54, 1.807) is 12.1 Å². The topological polar surface area (TPSA) is 80.7 Å². The Labute approximate surface area is 128 Å². The smallest absolute Gasteiger partial charge is 0.417 e. The van der Waals surface area contributed by atoms with Crippen LogP contribution in [0.3, 0.4) is 0 Å². The summed E-state index contributed by atoms with van der Waals surface area (Å²) in [6.45, 7) is 1.57. The summed E-state index contributed by atoms with van der Waals surface area (Å²) in [5.41, 5.74) is 0.659. The monoisotopic (exact) mass is 306 g/mol. The molecule has 118 valence electrons. The summed E-state index contributed by atoms with van der Waals surface area (Å²) in [5, 5.41) is 8.60. The molecule has 0 radical (unpaired) electrons. The van der Waals surface area contributed by atoms with E-state index >= 15 is 0 Å². The van der Waals surface area contributed by atoms with E-state index in [-0.39, 0.29) is 5.78 Å². The van der Waals surface area contributed by atoms with Gasteiger partial charge in [0.25, 0.3) is 0 Å². The molecule has 1 aliphatic rings. The molecule has 0 spiro atoms. The maximum absolute atomic E-state index is 12.3. The van der Waals surface area contributed by atoms with Crippen molar-refractivity contribution in [1.29, 1.82) is 0 Å². The minimum absolute atomic E-state index is 0.0355. The predicted octanol–water partition coefficient (Wildman–Crippen LogP) is 1.11. The zero-order chi connectivity index (χ0) is 16.2. The molecule has 1 fully saturated rings. The molecule has 2 atom stereocenters. The van der Waals surface area contributed by atoms with Gasteiger partial charge in [0.2, 0.25) is 5.78 Å². The molecule has 1 heterocycles. The van der Waals surface area contributed by atoms with Crippen LogP contribution in [0.15, 0.2) is 30.3 Å². The van der Waals surface area contributed by atoms with Crippen LogP contribution in [-0.4, -0.2) is 60.1 Å². The van der Waals surface area contributed by atoms with Crippen molar-refractivity contribution in [3.8, 4) is 0 Å². The van der Waals surface area contributed by atoms with Gasteiger partial charge in [-0.15, -0.1) is 0 Å². The molecule has 1 aromatic rings. The summed E-state index contributed by atoms with van der Waals surface area (Å²) < 4.78 is 5.42. The molecule has 2 rings (SSSR count). The number of ether oxygens (including phenoxy) is 1. The van der Waals surface area contributed by atoms with Gasteiger partial charge in [0.15, 0.2) is 6.10 Å². The van der Waals surface area contributed by atoms with Crippen LogP contribution in [0.5, 0.6) is 0 Å². The number of carboxylic acid groups (broad SMARTS) is 1. The number of carbonyl (C=O) groups is 3. The van der Waals surface area contributed by atoms with Crippen molar-refractivity contribution < 1.29 is 28.7 Å². The molecule has 0 bridgehead atoms. The highest BCUT2D eigenvalue weighted by Crippen LogP contribution is 2.20. The number of ketones is 1. The third kappa shape index (κ3) is 4.14. The Morgan fingerprint density at radius 1 is 1.27 bits per heavy atom. The van der Waals surface area contributed by atoms with Gasteiger partial charge in [0.1, 0.15) is 13.1 Å². The molecule has 0 aromatic heterocycles. The van der Waals surface area contributed by atoms with Crippen LogP contribution in [0.2, 0.25) is 0 Å². The first kappa shape index (κ1) is 16.2. The number of likely N-dealkylation sites (N-methyl/N-ethyl adjacent to an activating group) is 1. The first-order chi connectivity index (χ1) is 10.4. The van der Waals surface area contributed by atoms with Crippen molar-refractivity contribution in [2.75, 3.05) is 26.7 Å². The van der Waals surface area contributed by atoms with Gasteiger partial charge in [-0.25, -0.2) is 9.59 Å². The van der Waals surface area contributed by atoms with Crippen molar-refractivity contribution in [3.63, 3.8) is 0 Å².